The quantitative estimate of drug-likeness (QED) is 0.178. The molecular weight excluding hydrogens is 653 g/mol. The molecule has 0 fully saturated rings. The average molecular weight is 697 g/mol. The highest BCUT2D eigenvalue weighted by atomic mass is 15.1. The van der Waals surface area contributed by atoms with Crippen molar-refractivity contribution in [3.05, 3.63) is 169 Å². The first-order valence-corrected chi connectivity index (χ1v) is 19.2. The first-order valence-electron chi connectivity index (χ1n) is 19.2. The summed E-state index contributed by atoms with van der Waals surface area (Å²) in [5.41, 5.74) is 15.2. The molecule has 8 aromatic carbocycles. The SMILES string of the molecule is CC(C)(C)c1cccc(N(c2ccc3cc4c(cc3c2)-c2cc3cc(-n5c6ccccc6c6ccccc65)ccc3cc2-4)c2ccccc2C(C)(C)C)c1. The maximum atomic E-state index is 2.46. The number of para-hydroxylation sites is 3. The van der Waals surface area contributed by atoms with E-state index in [9.17, 15) is 0 Å². The molecule has 0 bridgehead atoms. The van der Waals surface area contributed by atoms with E-state index in [1.165, 1.54) is 99.5 Å². The number of hydrogen-bond acceptors (Lipinski definition) is 1. The van der Waals surface area contributed by atoms with Crippen LogP contribution in [0.2, 0.25) is 0 Å². The van der Waals surface area contributed by atoms with Crippen LogP contribution in [-0.4, -0.2) is 4.57 Å². The Morgan fingerprint density at radius 1 is 0.407 bits per heavy atom. The summed E-state index contributed by atoms with van der Waals surface area (Å²) in [4.78, 5) is 2.46. The van der Waals surface area contributed by atoms with Gasteiger partial charge in [-0.05, 0) is 145 Å². The van der Waals surface area contributed by atoms with Gasteiger partial charge in [0.15, 0.2) is 0 Å². The van der Waals surface area contributed by atoms with Crippen molar-refractivity contribution < 1.29 is 0 Å². The monoisotopic (exact) mass is 696 g/mol. The maximum absolute atomic E-state index is 2.46. The second-order valence-electron chi connectivity index (χ2n) is 17.1. The molecule has 54 heavy (non-hydrogen) atoms. The van der Waals surface area contributed by atoms with Crippen LogP contribution >= 0.6 is 0 Å². The summed E-state index contributed by atoms with van der Waals surface area (Å²) >= 11 is 0. The molecule has 1 aromatic heterocycles. The fourth-order valence-electron chi connectivity index (χ4n) is 8.72. The minimum atomic E-state index is -0.0237. The number of benzene rings is 8. The highest BCUT2D eigenvalue weighted by molar-refractivity contribution is 6.13. The molecule has 0 atom stereocenters. The highest BCUT2D eigenvalue weighted by Gasteiger charge is 2.27. The third kappa shape index (κ3) is 5.08. The summed E-state index contributed by atoms with van der Waals surface area (Å²) in [5.74, 6) is 0. The lowest BCUT2D eigenvalue weighted by molar-refractivity contribution is 0.589. The van der Waals surface area contributed by atoms with Crippen molar-refractivity contribution in [1.29, 1.82) is 0 Å². The summed E-state index contributed by atoms with van der Waals surface area (Å²) in [6.45, 7) is 13.8. The van der Waals surface area contributed by atoms with E-state index in [0.717, 1.165) is 0 Å². The van der Waals surface area contributed by atoms with E-state index in [1.54, 1.807) is 0 Å². The van der Waals surface area contributed by atoms with E-state index in [4.69, 9.17) is 0 Å². The zero-order valence-electron chi connectivity index (χ0n) is 31.9. The Bertz CT molecular complexity index is 2910. The number of hydrogen-bond donors (Lipinski definition) is 0. The molecule has 0 saturated heterocycles. The van der Waals surface area contributed by atoms with Gasteiger partial charge in [0.25, 0.3) is 0 Å². The smallest absolute Gasteiger partial charge is 0.0541 e. The molecule has 2 heteroatoms. The van der Waals surface area contributed by atoms with E-state index < -0.39 is 0 Å². The predicted octanol–water partition coefficient (Wildman–Crippen LogP) is 14.8. The van der Waals surface area contributed by atoms with E-state index in [0.29, 0.717) is 0 Å². The van der Waals surface area contributed by atoms with Gasteiger partial charge in [-0.25, -0.2) is 0 Å². The molecular formula is C52H44N2. The molecule has 0 amide bonds. The lowest BCUT2D eigenvalue weighted by Crippen LogP contribution is -2.19. The molecule has 0 saturated carbocycles. The van der Waals surface area contributed by atoms with E-state index in [-0.39, 0.29) is 10.8 Å². The lowest BCUT2D eigenvalue weighted by Gasteiger charge is -2.33. The second-order valence-corrected chi connectivity index (χ2v) is 17.1. The molecule has 0 spiro atoms. The van der Waals surface area contributed by atoms with Gasteiger partial charge < -0.3 is 9.47 Å². The normalized spacial score (nSPS) is 12.6. The molecule has 0 radical (unpaired) electrons. The van der Waals surface area contributed by atoms with Crippen LogP contribution in [0.1, 0.15) is 52.7 Å². The van der Waals surface area contributed by atoms with Gasteiger partial charge in [0.2, 0.25) is 0 Å². The van der Waals surface area contributed by atoms with Gasteiger partial charge in [-0.3, -0.25) is 0 Å². The Kier molecular flexibility index (Phi) is 7.04. The van der Waals surface area contributed by atoms with Crippen LogP contribution in [0, 0.1) is 0 Å². The molecule has 2 nitrogen and oxygen atoms in total. The van der Waals surface area contributed by atoms with Gasteiger partial charge in [0.05, 0.1) is 11.0 Å². The minimum absolute atomic E-state index is 0.0237. The van der Waals surface area contributed by atoms with Crippen LogP contribution in [0.15, 0.2) is 158 Å². The zero-order chi connectivity index (χ0) is 36.9. The van der Waals surface area contributed by atoms with Crippen molar-refractivity contribution in [2.24, 2.45) is 0 Å². The van der Waals surface area contributed by atoms with Crippen LogP contribution in [-0.2, 0) is 10.8 Å². The van der Waals surface area contributed by atoms with Gasteiger partial charge in [-0.2, -0.15) is 0 Å². The molecule has 262 valence electrons. The molecule has 0 aliphatic heterocycles. The molecule has 9 aromatic rings. The van der Waals surface area contributed by atoms with Gasteiger partial charge in [0.1, 0.15) is 0 Å². The highest BCUT2D eigenvalue weighted by Crippen LogP contribution is 2.51. The summed E-state index contributed by atoms with van der Waals surface area (Å²) in [6.07, 6.45) is 0. The van der Waals surface area contributed by atoms with Crippen LogP contribution in [0.4, 0.5) is 17.1 Å². The standard InChI is InChI=1S/C52H44N2/c1-51(2,3)37-14-13-15-38(32-37)53(50-21-12-9-18-47(50)52(4,5)6)39-24-22-33-28-43-44-29-34-23-25-40(27-36(34)31-46(44)45(43)30-35(33)26-39)54-48-19-10-7-16-41(48)42-17-8-11-20-49(42)54/h7-32H,1-6H3. The second kappa shape index (κ2) is 11.7. The van der Waals surface area contributed by atoms with Gasteiger partial charge in [0, 0.05) is 33.5 Å². The van der Waals surface area contributed by atoms with Crippen molar-refractivity contribution in [3.63, 3.8) is 0 Å². The van der Waals surface area contributed by atoms with Gasteiger partial charge in [-0.15, -0.1) is 0 Å². The number of nitrogens with zero attached hydrogens (tertiary/aromatic N) is 2. The summed E-state index contributed by atoms with van der Waals surface area (Å²) < 4.78 is 2.41. The van der Waals surface area contributed by atoms with Crippen LogP contribution in [0.3, 0.4) is 0 Å². The van der Waals surface area contributed by atoms with Gasteiger partial charge >= 0.3 is 0 Å². The van der Waals surface area contributed by atoms with Crippen molar-refractivity contribution in [2.45, 2.75) is 52.4 Å². The van der Waals surface area contributed by atoms with Gasteiger partial charge in [-0.1, -0.05) is 120 Å². The molecule has 1 aliphatic rings. The largest absolute Gasteiger partial charge is 0.310 e. The average Bonchev–Trinajstić information content (AvgIpc) is 3.50. The van der Waals surface area contributed by atoms with E-state index >= 15 is 0 Å². The topological polar surface area (TPSA) is 8.17 Å². The molecule has 1 aliphatic carbocycles. The maximum Gasteiger partial charge on any atom is 0.0541 e. The third-order valence-corrected chi connectivity index (χ3v) is 11.5. The van der Waals surface area contributed by atoms with Crippen molar-refractivity contribution in [1.82, 2.24) is 4.57 Å². The first kappa shape index (κ1) is 32.5. The fraction of sp³-hybridized carbons (Fsp3) is 0.154. The fourth-order valence-corrected chi connectivity index (χ4v) is 8.72. The zero-order valence-corrected chi connectivity index (χ0v) is 31.9. The Morgan fingerprint density at radius 3 is 1.57 bits per heavy atom. The number of fused-ring (bicyclic) bond motifs is 9. The van der Waals surface area contributed by atoms with Crippen LogP contribution in [0.25, 0.3) is 71.3 Å². The van der Waals surface area contributed by atoms with E-state index in [2.05, 4.69) is 209 Å². The summed E-state index contributed by atoms with van der Waals surface area (Å²) in [7, 11) is 0. The number of aromatic nitrogens is 1. The van der Waals surface area contributed by atoms with Crippen LogP contribution in [0.5, 0.6) is 0 Å². The van der Waals surface area contributed by atoms with Crippen molar-refractivity contribution in [2.75, 3.05) is 4.90 Å². The lowest BCUT2D eigenvalue weighted by atomic mass is 9.78. The van der Waals surface area contributed by atoms with Crippen LogP contribution < -0.4 is 4.90 Å². The van der Waals surface area contributed by atoms with Crippen molar-refractivity contribution in [3.8, 4) is 27.9 Å². The summed E-state index contributed by atoms with van der Waals surface area (Å²) in [6, 6.07) is 59.0. The Labute approximate surface area is 317 Å². The molecule has 0 N–H and O–H groups in total. The molecule has 1 heterocycles. The Morgan fingerprint density at radius 2 is 0.944 bits per heavy atom. The number of rotatable bonds is 4. The predicted molar refractivity (Wildman–Crippen MR) is 232 cm³/mol. The number of anilines is 3. The first-order chi connectivity index (χ1) is 26.0. The summed E-state index contributed by atoms with van der Waals surface area (Å²) in [5, 5.41) is 7.61. The van der Waals surface area contributed by atoms with E-state index in [1.807, 2.05) is 0 Å². The Hall–Kier alpha value is -6.12. The minimum Gasteiger partial charge on any atom is -0.310 e. The Balaban J connectivity index is 1.10. The van der Waals surface area contributed by atoms with Crippen molar-refractivity contribution >= 4 is 60.4 Å². The molecule has 10 rings (SSSR count). The molecule has 0 unspecified atom stereocenters. The third-order valence-electron chi connectivity index (χ3n) is 11.5.